The zero-order valence-electron chi connectivity index (χ0n) is 20.8. The minimum atomic E-state index is -0.381. The quantitative estimate of drug-likeness (QED) is 0.469. The van der Waals surface area contributed by atoms with Crippen LogP contribution >= 0.6 is 0 Å². The van der Waals surface area contributed by atoms with Gasteiger partial charge >= 0.3 is 0 Å². The third-order valence-electron chi connectivity index (χ3n) is 6.51. The van der Waals surface area contributed by atoms with Crippen molar-refractivity contribution in [2.24, 2.45) is 11.8 Å². The van der Waals surface area contributed by atoms with Gasteiger partial charge in [-0.15, -0.1) is 0 Å². The number of anilines is 3. The van der Waals surface area contributed by atoms with Crippen molar-refractivity contribution in [3.8, 4) is 0 Å². The van der Waals surface area contributed by atoms with Crippen LogP contribution in [0.4, 0.5) is 21.6 Å². The second-order valence-corrected chi connectivity index (χ2v) is 9.94. The van der Waals surface area contributed by atoms with Crippen LogP contribution in [0.5, 0.6) is 0 Å². The molecule has 1 aliphatic heterocycles. The lowest BCUT2D eigenvalue weighted by molar-refractivity contribution is -0.121. The summed E-state index contributed by atoms with van der Waals surface area (Å²) in [5.41, 5.74) is 3.56. The van der Waals surface area contributed by atoms with Crippen LogP contribution < -0.4 is 15.5 Å². The molecule has 1 fully saturated rings. The Morgan fingerprint density at radius 2 is 1.51 bits per heavy atom. The van der Waals surface area contributed by atoms with E-state index in [1.165, 1.54) is 12.5 Å². The molecule has 7 heteroatoms. The van der Waals surface area contributed by atoms with Gasteiger partial charge in [-0.05, 0) is 79.6 Å². The lowest BCUT2D eigenvalue weighted by Gasteiger charge is -2.36. The Balaban J connectivity index is 1.37. The van der Waals surface area contributed by atoms with E-state index in [9.17, 15) is 14.0 Å². The summed E-state index contributed by atoms with van der Waals surface area (Å²) in [6.07, 6.45) is 1.28. The maximum absolute atomic E-state index is 13.7. The highest BCUT2D eigenvalue weighted by atomic mass is 19.1. The van der Waals surface area contributed by atoms with E-state index in [0.29, 0.717) is 28.8 Å². The van der Waals surface area contributed by atoms with Gasteiger partial charge in [0.1, 0.15) is 11.6 Å². The van der Waals surface area contributed by atoms with Crippen LogP contribution in [-0.2, 0) is 9.59 Å². The van der Waals surface area contributed by atoms with Crippen LogP contribution in [-0.4, -0.2) is 29.9 Å². The minimum absolute atomic E-state index is 0.00549. The smallest absolute Gasteiger partial charge is 0.224 e. The van der Waals surface area contributed by atoms with Gasteiger partial charge in [0.2, 0.25) is 11.8 Å². The van der Waals surface area contributed by atoms with Crippen molar-refractivity contribution in [1.82, 2.24) is 4.98 Å². The first-order chi connectivity index (χ1) is 16.7. The van der Waals surface area contributed by atoms with Crippen molar-refractivity contribution < 1.29 is 14.0 Å². The lowest BCUT2D eigenvalue weighted by atomic mass is 9.92. The topological polar surface area (TPSA) is 74.3 Å². The fourth-order valence-corrected chi connectivity index (χ4v) is 4.81. The molecular weight excluding hydrogens is 443 g/mol. The molecule has 1 aromatic heterocycles. The highest BCUT2D eigenvalue weighted by Crippen LogP contribution is 2.29. The molecule has 1 saturated heterocycles. The van der Waals surface area contributed by atoms with Crippen molar-refractivity contribution in [1.29, 1.82) is 0 Å². The first kappa shape index (κ1) is 24.6. The van der Waals surface area contributed by atoms with E-state index in [-0.39, 0.29) is 30.5 Å². The van der Waals surface area contributed by atoms with Gasteiger partial charge in [-0.2, -0.15) is 0 Å². The molecule has 4 rings (SSSR count). The first-order valence-corrected chi connectivity index (χ1v) is 12.2. The number of halogens is 1. The number of benzene rings is 2. The van der Waals surface area contributed by atoms with Crippen LogP contribution in [0.3, 0.4) is 0 Å². The monoisotopic (exact) mass is 476 g/mol. The number of carbonyl (C=O) groups is 2. The van der Waals surface area contributed by atoms with E-state index < -0.39 is 0 Å². The summed E-state index contributed by atoms with van der Waals surface area (Å²) in [5.74, 6) is 1.32. The van der Waals surface area contributed by atoms with Gasteiger partial charge in [-0.3, -0.25) is 9.59 Å². The van der Waals surface area contributed by atoms with Gasteiger partial charge in [0.25, 0.3) is 0 Å². The van der Waals surface area contributed by atoms with E-state index >= 15 is 0 Å². The fourth-order valence-electron chi connectivity index (χ4n) is 4.81. The normalized spacial score (nSPS) is 17.9. The lowest BCUT2D eigenvalue weighted by Crippen LogP contribution is -2.39. The average Bonchev–Trinajstić information content (AvgIpc) is 2.80. The standard InChI is InChI=1S/C28H33FN4O2/c1-17-11-18(2)16-33(15-17)26-12-20(4)23-13-21(7-8-25(23)32-26)30-27(34)9-10-28(35)31-22-6-5-19(3)24(29)14-22/h5-8,12-14,17-18H,9-11,15-16H2,1-4H3,(H,30,34)(H,31,35)/t17-,18-/m1/s1. The fraction of sp³-hybridized carbons (Fsp3) is 0.393. The molecule has 6 nitrogen and oxygen atoms in total. The second-order valence-electron chi connectivity index (χ2n) is 9.94. The number of hydrogen-bond acceptors (Lipinski definition) is 4. The summed E-state index contributed by atoms with van der Waals surface area (Å²) in [6.45, 7) is 10.3. The number of carbonyl (C=O) groups excluding carboxylic acids is 2. The Kier molecular flexibility index (Phi) is 7.34. The van der Waals surface area contributed by atoms with Gasteiger partial charge in [0, 0.05) is 42.7 Å². The van der Waals surface area contributed by atoms with E-state index in [0.717, 1.165) is 35.4 Å². The summed E-state index contributed by atoms with van der Waals surface area (Å²) in [5, 5.41) is 6.49. The third kappa shape index (κ3) is 6.15. The molecule has 35 heavy (non-hydrogen) atoms. The van der Waals surface area contributed by atoms with Gasteiger partial charge < -0.3 is 15.5 Å². The van der Waals surface area contributed by atoms with E-state index in [2.05, 4.69) is 42.4 Å². The molecule has 2 N–H and O–H groups in total. The van der Waals surface area contributed by atoms with Crippen molar-refractivity contribution in [3.05, 3.63) is 59.4 Å². The summed E-state index contributed by atoms with van der Waals surface area (Å²) in [6, 6.07) is 12.3. The molecule has 2 aromatic carbocycles. The van der Waals surface area contributed by atoms with Gasteiger partial charge in [0.05, 0.1) is 5.52 Å². The highest BCUT2D eigenvalue weighted by Gasteiger charge is 2.23. The first-order valence-electron chi connectivity index (χ1n) is 12.2. The molecule has 1 aliphatic rings. The molecule has 2 atom stereocenters. The molecule has 0 spiro atoms. The van der Waals surface area contributed by atoms with Crippen LogP contribution in [0.25, 0.3) is 10.9 Å². The third-order valence-corrected chi connectivity index (χ3v) is 6.51. The highest BCUT2D eigenvalue weighted by molar-refractivity contribution is 5.98. The number of piperidine rings is 1. The molecule has 184 valence electrons. The van der Waals surface area contributed by atoms with Crippen molar-refractivity contribution in [2.45, 2.75) is 47.0 Å². The van der Waals surface area contributed by atoms with Gasteiger partial charge in [0.15, 0.2) is 0 Å². The largest absolute Gasteiger partial charge is 0.356 e. The second kappa shape index (κ2) is 10.4. The van der Waals surface area contributed by atoms with E-state index in [4.69, 9.17) is 4.98 Å². The molecule has 2 heterocycles. The van der Waals surface area contributed by atoms with Crippen LogP contribution in [0, 0.1) is 31.5 Å². The summed E-state index contributed by atoms with van der Waals surface area (Å²) >= 11 is 0. The molecule has 0 aliphatic carbocycles. The maximum atomic E-state index is 13.7. The molecular formula is C28H33FN4O2. The van der Waals surface area contributed by atoms with Crippen LogP contribution in [0.2, 0.25) is 0 Å². The number of nitrogens with one attached hydrogen (secondary N) is 2. The molecule has 0 radical (unpaired) electrons. The average molecular weight is 477 g/mol. The Labute approximate surface area is 205 Å². The van der Waals surface area contributed by atoms with E-state index in [1.807, 2.05) is 18.2 Å². The zero-order chi connectivity index (χ0) is 25.1. The summed E-state index contributed by atoms with van der Waals surface area (Å²) in [4.78, 5) is 31.9. The number of rotatable bonds is 6. The predicted octanol–water partition coefficient (Wildman–Crippen LogP) is 5.83. The van der Waals surface area contributed by atoms with Gasteiger partial charge in [-0.1, -0.05) is 19.9 Å². The SMILES string of the molecule is Cc1ccc(NC(=O)CCC(=O)Nc2ccc3nc(N4C[C@H](C)C[C@@H](C)C4)cc(C)c3c2)cc1F. The zero-order valence-corrected chi connectivity index (χ0v) is 20.8. The van der Waals surface area contributed by atoms with Crippen LogP contribution in [0.1, 0.15) is 44.2 Å². The molecule has 0 saturated carbocycles. The maximum Gasteiger partial charge on any atom is 0.224 e. The van der Waals surface area contributed by atoms with Gasteiger partial charge in [-0.25, -0.2) is 9.37 Å². The summed E-state index contributed by atoms with van der Waals surface area (Å²) in [7, 11) is 0. The molecule has 2 amide bonds. The number of fused-ring (bicyclic) bond motifs is 1. The van der Waals surface area contributed by atoms with Crippen molar-refractivity contribution in [2.75, 3.05) is 28.6 Å². The Bertz CT molecular complexity index is 1250. The predicted molar refractivity (Wildman–Crippen MR) is 139 cm³/mol. The Morgan fingerprint density at radius 1 is 0.914 bits per heavy atom. The van der Waals surface area contributed by atoms with Crippen molar-refractivity contribution >= 4 is 39.9 Å². The number of pyridine rings is 1. The number of amides is 2. The number of nitrogens with zero attached hydrogens (tertiary/aromatic N) is 2. The van der Waals surface area contributed by atoms with E-state index in [1.54, 1.807) is 19.1 Å². The Hall–Kier alpha value is -3.48. The summed E-state index contributed by atoms with van der Waals surface area (Å²) < 4.78 is 13.7. The number of aryl methyl sites for hydroxylation is 2. The van der Waals surface area contributed by atoms with Crippen molar-refractivity contribution in [3.63, 3.8) is 0 Å². The number of aromatic nitrogens is 1. The molecule has 3 aromatic rings. The molecule has 0 bridgehead atoms. The number of hydrogen-bond donors (Lipinski definition) is 2. The van der Waals surface area contributed by atoms with Crippen LogP contribution in [0.15, 0.2) is 42.5 Å². The Morgan fingerprint density at radius 3 is 2.14 bits per heavy atom. The molecule has 0 unspecified atom stereocenters. The minimum Gasteiger partial charge on any atom is -0.356 e.